The molecule has 1 rings (SSSR count). The summed E-state index contributed by atoms with van der Waals surface area (Å²) in [4.78, 5) is 0. The quantitative estimate of drug-likeness (QED) is 0.761. The predicted molar refractivity (Wildman–Crippen MR) is 64.6 cm³/mol. The van der Waals surface area contributed by atoms with E-state index in [0.717, 1.165) is 0 Å². The summed E-state index contributed by atoms with van der Waals surface area (Å²) in [6, 6.07) is 6.95. The van der Waals surface area contributed by atoms with Crippen LogP contribution in [-0.4, -0.2) is 6.04 Å². The molecule has 0 atom stereocenters. The summed E-state index contributed by atoms with van der Waals surface area (Å²) in [6.07, 6.45) is 4.21. The number of aryl methyl sites for hydroxylation is 1. The minimum absolute atomic E-state index is 0.483. The zero-order valence-electron chi connectivity index (χ0n) is 9.46. The minimum atomic E-state index is 0.483. The van der Waals surface area contributed by atoms with Crippen LogP contribution in [0.4, 0.5) is 5.69 Å². The van der Waals surface area contributed by atoms with Crippen molar-refractivity contribution in [3.8, 4) is 0 Å². The van der Waals surface area contributed by atoms with Gasteiger partial charge in [0.25, 0.3) is 0 Å². The molecule has 1 nitrogen and oxygen atoms in total. The van der Waals surface area contributed by atoms with Crippen molar-refractivity contribution in [3.63, 3.8) is 0 Å². The molecular formula is C13H19N. The Morgan fingerprint density at radius 1 is 1.29 bits per heavy atom. The number of rotatable bonds is 3. The van der Waals surface area contributed by atoms with E-state index in [0.29, 0.717) is 6.04 Å². The van der Waals surface area contributed by atoms with Crippen molar-refractivity contribution in [2.75, 3.05) is 5.32 Å². The van der Waals surface area contributed by atoms with Gasteiger partial charge in [-0.1, -0.05) is 18.2 Å². The van der Waals surface area contributed by atoms with Gasteiger partial charge < -0.3 is 5.32 Å². The summed E-state index contributed by atoms with van der Waals surface area (Å²) in [5, 5.41) is 3.40. The number of benzene rings is 1. The molecule has 0 radical (unpaired) electrons. The molecule has 0 heterocycles. The number of nitrogens with one attached hydrogen (secondary N) is 1. The molecule has 0 saturated heterocycles. The highest BCUT2D eigenvalue weighted by atomic mass is 14.9. The van der Waals surface area contributed by atoms with Crippen molar-refractivity contribution < 1.29 is 0 Å². The van der Waals surface area contributed by atoms with E-state index in [2.05, 4.69) is 56.4 Å². The molecule has 0 amide bonds. The van der Waals surface area contributed by atoms with E-state index in [1.807, 2.05) is 6.92 Å². The summed E-state index contributed by atoms with van der Waals surface area (Å²) in [5.41, 5.74) is 3.80. The van der Waals surface area contributed by atoms with E-state index in [1.165, 1.54) is 16.8 Å². The van der Waals surface area contributed by atoms with Gasteiger partial charge in [0, 0.05) is 11.7 Å². The van der Waals surface area contributed by atoms with Gasteiger partial charge in [-0.25, -0.2) is 0 Å². The van der Waals surface area contributed by atoms with Crippen LogP contribution in [0.5, 0.6) is 0 Å². The van der Waals surface area contributed by atoms with Gasteiger partial charge in [-0.3, -0.25) is 0 Å². The molecule has 1 aromatic carbocycles. The van der Waals surface area contributed by atoms with Crippen LogP contribution in [0.1, 0.15) is 31.9 Å². The van der Waals surface area contributed by atoms with Gasteiger partial charge in [0.05, 0.1) is 0 Å². The highest BCUT2D eigenvalue weighted by molar-refractivity contribution is 5.60. The fraction of sp³-hybridized carbons (Fsp3) is 0.385. The van der Waals surface area contributed by atoms with Crippen LogP contribution < -0.4 is 5.32 Å². The van der Waals surface area contributed by atoms with E-state index < -0.39 is 0 Å². The van der Waals surface area contributed by atoms with Gasteiger partial charge >= 0.3 is 0 Å². The van der Waals surface area contributed by atoms with Crippen molar-refractivity contribution >= 4 is 11.8 Å². The van der Waals surface area contributed by atoms with Gasteiger partial charge in [-0.15, -0.1) is 0 Å². The van der Waals surface area contributed by atoms with Crippen LogP contribution in [0.25, 0.3) is 6.08 Å². The third kappa shape index (κ3) is 2.91. The Kier molecular flexibility index (Phi) is 3.75. The number of hydrogen-bond acceptors (Lipinski definition) is 1. The molecular weight excluding hydrogens is 170 g/mol. The first-order valence-electron chi connectivity index (χ1n) is 5.13. The van der Waals surface area contributed by atoms with Crippen molar-refractivity contribution in [2.45, 2.75) is 33.7 Å². The predicted octanol–water partition coefficient (Wildman–Crippen LogP) is 3.85. The molecule has 1 heteroatoms. The zero-order valence-corrected chi connectivity index (χ0v) is 9.46. The van der Waals surface area contributed by atoms with Crippen molar-refractivity contribution in [3.05, 3.63) is 35.4 Å². The Bertz CT molecular complexity index is 324. The van der Waals surface area contributed by atoms with E-state index in [1.54, 1.807) is 0 Å². The van der Waals surface area contributed by atoms with Crippen LogP contribution in [0, 0.1) is 6.92 Å². The lowest BCUT2D eigenvalue weighted by Crippen LogP contribution is -2.09. The van der Waals surface area contributed by atoms with Gasteiger partial charge in [-0.2, -0.15) is 0 Å². The fourth-order valence-corrected chi connectivity index (χ4v) is 1.42. The molecule has 0 saturated carbocycles. The average molecular weight is 189 g/mol. The maximum absolute atomic E-state index is 3.40. The largest absolute Gasteiger partial charge is 0.383 e. The Hall–Kier alpha value is -1.24. The third-order valence-corrected chi connectivity index (χ3v) is 2.08. The number of allylic oxidation sites excluding steroid dienone is 1. The smallest absolute Gasteiger partial charge is 0.0348 e. The number of hydrogen-bond donors (Lipinski definition) is 1. The maximum Gasteiger partial charge on any atom is 0.0348 e. The molecule has 76 valence electrons. The Morgan fingerprint density at radius 3 is 2.57 bits per heavy atom. The molecule has 0 bridgehead atoms. The van der Waals surface area contributed by atoms with Crippen LogP contribution in [0.15, 0.2) is 24.3 Å². The molecule has 1 aromatic rings. The normalized spacial score (nSPS) is 11.2. The molecule has 0 spiro atoms. The molecule has 1 N–H and O–H groups in total. The summed E-state index contributed by atoms with van der Waals surface area (Å²) >= 11 is 0. The first-order valence-corrected chi connectivity index (χ1v) is 5.13. The standard InChI is InChI=1S/C13H19N/c1-5-6-12-9-13(14-10(2)3)8-7-11(12)4/h5-10,14H,1-4H3/b6-5-. The highest BCUT2D eigenvalue weighted by Crippen LogP contribution is 2.17. The highest BCUT2D eigenvalue weighted by Gasteiger charge is 1.98. The molecule has 0 fully saturated rings. The third-order valence-electron chi connectivity index (χ3n) is 2.08. The van der Waals surface area contributed by atoms with Gasteiger partial charge in [0.15, 0.2) is 0 Å². The van der Waals surface area contributed by atoms with Crippen LogP contribution in [-0.2, 0) is 0 Å². The second-order valence-electron chi connectivity index (χ2n) is 3.87. The molecule has 0 aromatic heterocycles. The Morgan fingerprint density at radius 2 is 2.00 bits per heavy atom. The summed E-state index contributed by atoms with van der Waals surface area (Å²) in [5.74, 6) is 0. The van der Waals surface area contributed by atoms with E-state index in [-0.39, 0.29) is 0 Å². The van der Waals surface area contributed by atoms with E-state index in [4.69, 9.17) is 0 Å². The number of anilines is 1. The fourth-order valence-electron chi connectivity index (χ4n) is 1.42. The topological polar surface area (TPSA) is 12.0 Å². The summed E-state index contributed by atoms with van der Waals surface area (Å²) < 4.78 is 0. The average Bonchev–Trinajstić information content (AvgIpc) is 2.10. The minimum Gasteiger partial charge on any atom is -0.383 e. The Balaban J connectivity index is 2.94. The molecule has 0 aliphatic heterocycles. The van der Waals surface area contributed by atoms with E-state index >= 15 is 0 Å². The maximum atomic E-state index is 3.40. The summed E-state index contributed by atoms with van der Waals surface area (Å²) in [6.45, 7) is 8.47. The van der Waals surface area contributed by atoms with Gasteiger partial charge in [-0.05, 0) is 51.0 Å². The second kappa shape index (κ2) is 4.85. The lowest BCUT2D eigenvalue weighted by molar-refractivity contribution is 0.899. The lowest BCUT2D eigenvalue weighted by Gasteiger charge is -2.11. The second-order valence-corrected chi connectivity index (χ2v) is 3.87. The SMILES string of the molecule is C/C=C\c1cc(NC(C)C)ccc1C. The first-order chi connectivity index (χ1) is 6.63. The molecule has 14 heavy (non-hydrogen) atoms. The molecule has 0 unspecified atom stereocenters. The monoisotopic (exact) mass is 189 g/mol. The van der Waals surface area contributed by atoms with Crippen LogP contribution in [0.2, 0.25) is 0 Å². The van der Waals surface area contributed by atoms with E-state index in [9.17, 15) is 0 Å². The summed E-state index contributed by atoms with van der Waals surface area (Å²) in [7, 11) is 0. The van der Waals surface area contributed by atoms with Crippen LogP contribution in [0.3, 0.4) is 0 Å². The van der Waals surface area contributed by atoms with Crippen molar-refractivity contribution in [1.82, 2.24) is 0 Å². The molecule has 0 aliphatic rings. The van der Waals surface area contributed by atoms with Crippen molar-refractivity contribution in [1.29, 1.82) is 0 Å². The zero-order chi connectivity index (χ0) is 10.6. The first kappa shape index (κ1) is 10.8. The van der Waals surface area contributed by atoms with Crippen LogP contribution >= 0.6 is 0 Å². The van der Waals surface area contributed by atoms with Crippen molar-refractivity contribution in [2.24, 2.45) is 0 Å². The van der Waals surface area contributed by atoms with Gasteiger partial charge in [0.1, 0.15) is 0 Å². The Labute approximate surface area is 86.8 Å². The van der Waals surface area contributed by atoms with Gasteiger partial charge in [0.2, 0.25) is 0 Å². The molecule has 0 aliphatic carbocycles. The lowest BCUT2D eigenvalue weighted by atomic mass is 10.1.